The van der Waals surface area contributed by atoms with E-state index in [-0.39, 0.29) is 18.2 Å². The molecule has 0 atom stereocenters. The fraction of sp³-hybridized carbons (Fsp3) is 0.231. The van der Waals surface area contributed by atoms with Crippen LogP contribution in [-0.4, -0.2) is 9.97 Å². The molecule has 0 aliphatic carbocycles. The predicted molar refractivity (Wildman–Crippen MR) is 72.8 cm³/mol. The molecule has 0 unspecified atom stereocenters. The molecule has 0 saturated carbocycles. The molecular formula is C13H12BrF2N3. The maximum atomic E-state index is 13.9. The monoisotopic (exact) mass is 327 g/mol. The predicted octanol–water partition coefficient (Wildman–Crippen LogP) is 3.69. The van der Waals surface area contributed by atoms with Crippen LogP contribution in [0.4, 0.5) is 14.6 Å². The van der Waals surface area contributed by atoms with Crippen molar-refractivity contribution in [1.82, 2.24) is 9.97 Å². The lowest BCUT2D eigenvalue weighted by Gasteiger charge is -2.09. The molecule has 1 aromatic carbocycles. The van der Waals surface area contributed by atoms with Crippen LogP contribution in [0.25, 0.3) is 0 Å². The van der Waals surface area contributed by atoms with Crippen LogP contribution in [0.2, 0.25) is 0 Å². The third-order valence-electron chi connectivity index (χ3n) is 2.65. The van der Waals surface area contributed by atoms with Crippen molar-refractivity contribution in [3.8, 4) is 0 Å². The lowest BCUT2D eigenvalue weighted by Crippen LogP contribution is -2.08. The van der Waals surface area contributed by atoms with E-state index >= 15 is 0 Å². The van der Waals surface area contributed by atoms with Crippen LogP contribution in [0.15, 0.2) is 29.0 Å². The molecule has 0 fully saturated rings. The summed E-state index contributed by atoms with van der Waals surface area (Å²) in [7, 11) is 0. The zero-order valence-corrected chi connectivity index (χ0v) is 11.8. The average Bonchev–Trinajstić information content (AvgIpc) is 2.41. The number of hydrogen-bond acceptors (Lipinski definition) is 3. The topological polar surface area (TPSA) is 37.8 Å². The van der Waals surface area contributed by atoms with Gasteiger partial charge in [-0.3, -0.25) is 0 Å². The molecule has 0 spiro atoms. The maximum Gasteiger partial charge on any atom is 0.186 e. The van der Waals surface area contributed by atoms with Crippen molar-refractivity contribution in [1.29, 1.82) is 0 Å². The molecule has 0 radical (unpaired) electrons. The number of nitrogens with zero attached hydrogens (tertiary/aromatic N) is 2. The first kappa shape index (κ1) is 13.9. The third kappa shape index (κ3) is 3.26. The van der Waals surface area contributed by atoms with Crippen LogP contribution >= 0.6 is 15.9 Å². The van der Waals surface area contributed by atoms with Gasteiger partial charge in [0.1, 0.15) is 12.1 Å². The summed E-state index contributed by atoms with van der Waals surface area (Å²) < 4.78 is 28.2. The highest BCUT2D eigenvalue weighted by Gasteiger charge is 2.10. The molecule has 1 N–H and O–H groups in total. The Balaban J connectivity index is 2.17. The van der Waals surface area contributed by atoms with Crippen molar-refractivity contribution in [3.05, 3.63) is 51.9 Å². The Morgan fingerprint density at radius 1 is 1.26 bits per heavy atom. The summed E-state index contributed by atoms with van der Waals surface area (Å²) in [6.07, 6.45) is 1.77. The van der Waals surface area contributed by atoms with E-state index in [9.17, 15) is 8.78 Å². The van der Waals surface area contributed by atoms with Crippen LogP contribution in [0.3, 0.4) is 0 Å². The minimum absolute atomic E-state index is 0.0891. The molecule has 1 heterocycles. The molecule has 1 aromatic heterocycles. The van der Waals surface area contributed by atoms with Gasteiger partial charge in [-0.15, -0.1) is 0 Å². The van der Waals surface area contributed by atoms with E-state index in [1.54, 1.807) is 12.1 Å². The minimum atomic E-state index is -0.486. The van der Waals surface area contributed by atoms with Crippen molar-refractivity contribution in [3.63, 3.8) is 0 Å². The van der Waals surface area contributed by atoms with Crippen molar-refractivity contribution >= 4 is 21.7 Å². The molecule has 0 aliphatic heterocycles. The number of nitrogens with one attached hydrogen (secondary N) is 1. The van der Waals surface area contributed by atoms with E-state index in [0.29, 0.717) is 17.7 Å². The van der Waals surface area contributed by atoms with E-state index in [2.05, 4.69) is 31.2 Å². The molecule has 3 nitrogen and oxygen atoms in total. The van der Waals surface area contributed by atoms with E-state index in [1.807, 2.05) is 6.92 Å². The summed E-state index contributed by atoms with van der Waals surface area (Å²) in [6, 6.07) is 4.61. The number of rotatable bonds is 4. The smallest absolute Gasteiger partial charge is 0.186 e. The SMILES string of the molecule is CCc1ncnc(NCc2cc(Br)ccc2F)c1F. The van der Waals surface area contributed by atoms with E-state index in [1.165, 1.54) is 12.4 Å². The second kappa shape index (κ2) is 6.06. The first-order chi connectivity index (χ1) is 9.11. The summed E-state index contributed by atoms with van der Waals surface area (Å²) in [4.78, 5) is 7.66. The summed E-state index contributed by atoms with van der Waals surface area (Å²) >= 11 is 3.27. The van der Waals surface area contributed by atoms with Gasteiger partial charge in [-0.2, -0.15) is 0 Å². The van der Waals surface area contributed by atoms with E-state index in [4.69, 9.17) is 0 Å². The maximum absolute atomic E-state index is 13.9. The van der Waals surface area contributed by atoms with Crippen molar-refractivity contribution in [2.75, 3.05) is 5.32 Å². The molecule has 2 rings (SSSR count). The molecule has 2 aromatic rings. The Morgan fingerprint density at radius 3 is 2.79 bits per heavy atom. The molecule has 19 heavy (non-hydrogen) atoms. The van der Waals surface area contributed by atoms with Gasteiger partial charge in [-0.05, 0) is 24.6 Å². The normalized spacial score (nSPS) is 10.5. The standard InChI is InChI=1S/C13H12BrF2N3/c1-2-11-12(16)13(19-7-18-11)17-6-8-5-9(14)3-4-10(8)15/h3-5,7H,2,6H2,1H3,(H,17,18,19). The molecule has 100 valence electrons. The highest BCUT2D eigenvalue weighted by molar-refractivity contribution is 9.10. The van der Waals surface area contributed by atoms with Crippen LogP contribution in [0.1, 0.15) is 18.2 Å². The summed E-state index contributed by atoms with van der Waals surface area (Å²) in [6.45, 7) is 1.96. The number of aryl methyl sites for hydroxylation is 1. The minimum Gasteiger partial charge on any atom is -0.363 e. The number of halogens is 3. The molecule has 0 aliphatic rings. The molecule has 0 amide bonds. The largest absolute Gasteiger partial charge is 0.363 e. The van der Waals surface area contributed by atoms with Gasteiger partial charge in [-0.25, -0.2) is 18.7 Å². The quantitative estimate of drug-likeness (QED) is 0.930. The summed E-state index contributed by atoms with van der Waals surface area (Å²) in [5, 5.41) is 2.79. The van der Waals surface area contributed by atoms with Gasteiger partial charge in [0.25, 0.3) is 0 Å². The van der Waals surface area contributed by atoms with Crippen molar-refractivity contribution < 1.29 is 8.78 Å². The Labute approximate surface area is 118 Å². The number of benzene rings is 1. The second-order valence-corrected chi connectivity index (χ2v) is 4.84. The lowest BCUT2D eigenvalue weighted by molar-refractivity contribution is 0.593. The van der Waals surface area contributed by atoms with Crippen LogP contribution < -0.4 is 5.32 Å². The Hall–Kier alpha value is -1.56. The van der Waals surface area contributed by atoms with E-state index < -0.39 is 5.82 Å². The first-order valence-electron chi connectivity index (χ1n) is 5.79. The van der Waals surface area contributed by atoms with Crippen molar-refractivity contribution in [2.24, 2.45) is 0 Å². The molecule has 0 saturated heterocycles. The lowest BCUT2D eigenvalue weighted by atomic mass is 10.2. The van der Waals surface area contributed by atoms with Crippen LogP contribution in [-0.2, 0) is 13.0 Å². The van der Waals surface area contributed by atoms with Crippen LogP contribution in [0, 0.1) is 11.6 Å². The zero-order valence-electron chi connectivity index (χ0n) is 10.3. The average molecular weight is 328 g/mol. The second-order valence-electron chi connectivity index (χ2n) is 3.93. The Bertz CT molecular complexity index is 590. The summed E-state index contributed by atoms with van der Waals surface area (Å²) in [5.41, 5.74) is 0.776. The molecular weight excluding hydrogens is 316 g/mol. The third-order valence-corrected chi connectivity index (χ3v) is 3.14. The fourth-order valence-corrected chi connectivity index (χ4v) is 2.04. The highest BCUT2D eigenvalue weighted by Crippen LogP contribution is 2.18. The van der Waals surface area contributed by atoms with Gasteiger partial charge in [0.2, 0.25) is 0 Å². The van der Waals surface area contributed by atoms with Gasteiger partial charge < -0.3 is 5.32 Å². The number of anilines is 1. The van der Waals surface area contributed by atoms with Gasteiger partial charge in [-0.1, -0.05) is 22.9 Å². The molecule has 6 heteroatoms. The highest BCUT2D eigenvalue weighted by atomic mass is 79.9. The van der Waals surface area contributed by atoms with Gasteiger partial charge in [0, 0.05) is 16.6 Å². The van der Waals surface area contributed by atoms with Gasteiger partial charge >= 0.3 is 0 Å². The van der Waals surface area contributed by atoms with Gasteiger partial charge in [0.05, 0.1) is 5.69 Å². The number of hydrogen-bond donors (Lipinski definition) is 1. The Morgan fingerprint density at radius 2 is 2.05 bits per heavy atom. The van der Waals surface area contributed by atoms with Gasteiger partial charge in [0.15, 0.2) is 11.6 Å². The van der Waals surface area contributed by atoms with Crippen molar-refractivity contribution in [2.45, 2.75) is 19.9 Å². The van der Waals surface area contributed by atoms with Crippen LogP contribution in [0.5, 0.6) is 0 Å². The molecule has 0 bridgehead atoms. The summed E-state index contributed by atoms with van der Waals surface area (Å²) in [5.74, 6) is -0.743. The first-order valence-corrected chi connectivity index (χ1v) is 6.58. The zero-order chi connectivity index (χ0) is 13.8. The fourth-order valence-electron chi connectivity index (χ4n) is 1.63. The van der Waals surface area contributed by atoms with E-state index in [0.717, 1.165) is 4.47 Å². The Kier molecular flexibility index (Phi) is 4.42. The number of aromatic nitrogens is 2.